The minimum atomic E-state index is -0.550. The van der Waals surface area contributed by atoms with Gasteiger partial charge in [-0.1, -0.05) is 30.3 Å². The maximum Gasteiger partial charge on any atom is 0.180 e. The van der Waals surface area contributed by atoms with Crippen LogP contribution >= 0.6 is 0 Å². The largest absolute Gasteiger partial charge is 0.346 e. The summed E-state index contributed by atoms with van der Waals surface area (Å²) in [6, 6.07) is 20.6. The van der Waals surface area contributed by atoms with Gasteiger partial charge in [0, 0.05) is 28.9 Å². The molecule has 6 aromatic rings. The van der Waals surface area contributed by atoms with Gasteiger partial charge in [-0.05, 0) is 49.2 Å². The lowest BCUT2D eigenvalue weighted by molar-refractivity contribution is 0.687. The molecule has 0 unspecified atom stereocenters. The van der Waals surface area contributed by atoms with E-state index >= 15 is 0 Å². The van der Waals surface area contributed by atoms with Crippen molar-refractivity contribution in [1.29, 1.82) is 5.26 Å². The van der Waals surface area contributed by atoms with Crippen LogP contribution in [0.1, 0.15) is 19.4 Å². The molecule has 0 radical (unpaired) electrons. The van der Waals surface area contributed by atoms with Crippen LogP contribution in [-0.4, -0.2) is 29.5 Å². The molecule has 0 aliphatic heterocycles. The number of aromatic amines is 1. The van der Waals surface area contributed by atoms with Gasteiger partial charge < -0.3 is 4.98 Å². The van der Waals surface area contributed by atoms with Crippen molar-refractivity contribution < 1.29 is 0 Å². The average molecular weight is 429 g/mol. The predicted octanol–water partition coefficient (Wildman–Crippen LogP) is 5.29. The number of pyridine rings is 1. The lowest BCUT2D eigenvalue weighted by Gasteiger charge is -2.15. The molecule has 0 saturated carbocycles. The molecule has 7 nitrogen and oxygen atoms in total. The second-order valence-corrected chi connectivity index (χ2v) is 8.63. The predicted molar refractivity (Wildman–Crippen MR) is 127 cm³/mol. The molecule has 6 rings (SSSR count). The molecule has 4 aromatic heterocycles. The number of nitriles is 1. The van der Waals surface area contributed by atoms with Crippen LogP contribution in [0, 0.1) is 11.3 Å². The van der Waals surface area contributed by atoms with Crippen LogP contribution in [0.4, 0.5) is 0 Å². The number of fused-ring (bicyclic) bond motifs is 4. The van der Waals surface area contributed by atoms with Crippen molar-refractivity contribution in [2.24, 2.45) is 0 Å². The van der Waals surface area contributed by atoms with E-state index in [2.05, 4.69) is 49.4 Å². The quantitative estimate of drug-likeness (QED) is 0.412. The highest BCUT2D eigenvalue weighted by Crippen LogP contribution is 2.29. The maximum atomic E-state index is 9.44. The van der Waals surface area contributed by atoms with Crippen LogP contribution < -0.4 is 0 Å². The average Bonchev–Trinajstić information content (AvgIpc) is 3.50. The minimum absolute atomic E-state index is 0.550. The minimum Gasteiger partial charge on any atom is -0.346 e. The zero-order chi connectivity index (χ0) is 22.6. The van der Waals surface area contributed by atoms with Gasteiger partial charge in [-0.3, -0.25) is 9.38 Å². The smallest absolute Gasteiger partial charge is 0.180 e. The molecule has 0 saturated heterocycles. The highest BCUT2D eigenvalue weighted by molar-refractivity contribution is 5.87. The van der Waals surface area contributed by atoms with Crippen molar-refractivity contribution >= 4 is 27.7 Å². The van der Waals surface area contributed by atoms with Crippen LogP contribution in [0.3, 0.4) is 0 Å². The third-order valence-corrected chi connectivity index (χ3v) is 6.10. The topological polar surface area (TPSA) is 95.5 Å². The van der Waals surface area contributed by atoms with Crippen LogP contribution in [0.25, 0.3) is 50.2 Å². The molecule has 0 bridgehead atoms. The summed E-state index contributed by atoms with van der Waals surface area (Å²) in [6.07, 6.45) is 5.50. The van der Waals surface area contributed by atoms with Gasteiger partial charge in [0.05, 0.1) is 28.7 Å². The summed E-state index contributed by atoms with van der Waals surface area (Å²) < 4.78 is 2.03. The van der Waals surface area contributed by atoms with Gasteiger partial charge in [-0.15, -0.1) is 10.2 Å². The van der Waals surface area contributed by atoms with E-state index in [1.807, 2.05) is 67.0 Å². The fourth-order valence-electron chi connectivity index (χ4n) is 4.12. The van der Waals surface area contributed by atoms with E-state index in [0.29, 0.717) is 5.65 Å². The van der Waals surface area contributed by atoms with Crippen LogP contribution in [0.15, 0.2) is 73.2 Å². The number of nitrogens with one attached hydrogen (secondary N) is 1. The molecule has 0 amide bonds. The zero-order valence-corrected chi connectivity index (χ0v) is 18.1. The Hall–Kier alpha value is -4.57. The molecule has 4 heterocycles. The van der Waals surface area contributed by atoms with Crippen molar-refractivity contribution in [2.75, 3.05) is 0 Å². The van der Waals surface area contributed by atoms with E-state index in [9.17, 15) is 5.26 Å². The highest BCUT2D eigenvalue weighted by Gasteiger charge is 2.20. The summed E-state index contributed by atoms with van der Waals surface area (Å²) in [6.45, 7) is 3.82. The van der Waals surface area contributed by atoms with Crippen LogP contribution in [-0.2, 0) is 5.41 Å². The lowest BCUT2D eigenvalue weighted by Crippen LogP contribution is -2.13. The number of rotatable bonds is 3. The molecule has 0 atom stereocenters. The second-order valence-electron chi connectivity index (χ2n) is 8.63. The van der Waals surface area contributed by atoms with Gasteiger partial charge >= 0.3 is 0 Å². The van der Waals surface area contributed by atoms with Crippen molar-refractivity contribution in [1.82, 2.24) is 29.5 Å². The highest BCUT2D eigenvalue weighted by atomic mass is 15.3. The summed E-state index contributed by atoms with van der Waals surface area (Å²) in [7, 11) is 0. The lowest BCUT2D eigenvalue weighted by atomic mass is 9.86. The molecular weight excluding hydrogens is 410 g/mol. The van der Waals surface area contributed by atoms with Crippen molar-refractivity contribution in [3.63, 3.8) is 0 Å². The Bertz CT molecular complexity index is 1700. The first-order valence-corrected chi connectivity index (χ1v) is 10.6. The molecule has 0 aliphatic carbocycles. The molecule has 7 heteroatoms. The SMILES string of the molecule is CC(C)(C#N)c1ccc(-c2nnc3cnc4ccc(-c5cnc6[nH]ccc6c5)cc4n23)cc1. The molecule has 1 N–H and O–H groups in total. The summed E-state index contributed by atoms with van der Waals surface area (Å²) in [5.74, 6) is 0.732. The Kier molecular flexibility index (Phi) is 4.04. The number of H-pyrrole nitrogens is 1. The first-order chi connectivity index (χ1) is 16.0. The van der Waals surface area contributed by atoms with Crippen molar-refractivity contribution in [3.05, 3.63) is 78.8 Å². The monoisotopic (exact) mass is 429 g/mol. The number of hydrogen-bond donors (Lipinski definition) is 1. The molecule has 2 aromatic carbocycles. The van der Waals surface area contributed by atoms with Crippen LogP contribution in [0.5, 0.6) is 0 Å². The first kappa shape index (κ1) is 19.1. The molecule has 0 fully saturated rings. The van der Waals surface area contributed by atoms with Gasteiger partial charge in [0.15, 0.2) is 11.5 Å². The zero-order valence-electron chi connectivity index (χ0n) is 18.1. The van der Waals surface area contributed by atoms with Gasteiger partial charge in [-0.25, -0.2) is 4.98 Å². The standard InChI is InChI=1S/C26H19N7/c1-26(2,15-27)20-6-3-16(4-7-20)25-32-31-23-14-29-21-8-5-17(12-22(21)33(23)25)19-11-18-9-10-28-24(18)30-13-19/h3-14H,1-2H3,(H,28,30). The molecule has 33 heavy (non-hydrogen) atoms. The van der Waals surface area contributed by atoms with E-state index < -0.39 is 5.41 Å². The Morgan fingerprint density at radius 3 is 2.52 bits per heavy atom. The third-order valence-electron chi connectivity index (χ3n) is 6.10. The van der Waals surface area contributed by atoms with E-state index in [-0.39, 0.29) is 0 Å². The fourth-order valence-corrected chi connectivity index (χ4v) is 4.12. The molecule has 158 valence electrons. The van der Waals surface area contributed by atoms with E-state index in [1.165, 1.54) is 0 Å². The van der Waals surface area contributed by atoms with Gasteiger partial charge in [0.1, 0.15) is 5.65 Å². The second kappa shape index (κ2) is 6.97. The molecular formula is C26H19N7. The van der Waals surface area contributed by atoms with Gasteiger partial charge in [0.25, 0.3) is 0 Å². The number of hydrogen-bond acceptors (Lipinski definition) is 5. The van der Waals surface area contributed by atoms with E-state index in [0.717, 1.165) is 50.1 Å². The van der Waals surface area contributed by atoms with Crippen molar-refractivity contribution in [2.45, 2.75) is 19.3 Å². The number of nitrogens with zero attached hydrogens (tertiary/aromatic N) is 6. The summed E-state index contributed by atoms with van der Waals surface area (Å²) in [4.78, 5) is 12.2. The normalized spacial score (nSPS) is 11.9. The summed E-state index contributed by atoms with van der Waals surface area (Å²) in [5, 5.41) is 19.3. The number of benzene rings is 2. The van der Waals surface area contributed by atoms with Crippen molar-refractivity contribution in [3.8, 4) is 28.6 Å². The van der Waals surface area contributed by atoms with E-state index in [1.54, 1.807) is 6.20 Å². The Labute approximate surface area is 189 Å². The maximum absolute atomic E-state index is 9.44. The third kappa shape index (κ3) is 3.04. The van der Waals surface area contributed by atoms with Gasteiger partial charge in [0.2, 0.25) is 0 Å². The van der Waals surface area contributed by atoms with Crippen LogP contribution in [0.2, 0.25) is 0 Å². The Balaban J connectivity index is 1.53. The summed E-state index contributed by atoms with van der Waals surface area (Å²) in [5.41, 5.74) is 6.72. The van der Waals surface area contributed by atoms with Gasteiger partial charge in [-0.2, -0.15) is 5.26 Å². The number of aromatic nitrogens is 6. The first-order valence-electron chi connectivity index (χ1n) is 10.6. The Morgan fingerprint density at radius 2 is 1.70 bits per heavy atom. The van der Waals surface area contributed by atoms with E-state index in [4.69, 9.17) is 0 Å². The molecule has 0 spiro atoms. The fraction of sp³-hybridized carbons (Fsp3) is 0.115. The summed E-state index contributed by atoms with van der Waals surface area (Å²) >= 11 is 0. The Morgan fingerprint density at radius 1 is 0.879 bits per heavy atom. The molecule has 0 aliphatic rings.